The molecule has 20 heavy (non-hydrogen) atoms. The minimum absolute atomic E-state index is 0.274. The molecule has 1 atom stereocenters. The van der Waals surface area contributed by atoms with Crippen LogP contribution < -0.4 is 5.32 Å². The molecule has 112 valence electrons. The molecule has 1 aliphatic heterocycles. The van der Waals surface area contributed by atoms with Crippen molar-refractivity contribution in [2.45, 2.75) is 31.9 Å². The van der Waals surface area contributed by atoms with Crippen molar-refractivity contribution in [3.8, 4) is 5.75 Å². The third kappa shape index (κ3) is 5.40. The summed E-state index contributed by atoms with van der Waals surface area (Å²) in [5.41, 5.74) is 1.15. The molecule has 1 aromatic rings. The molecule has 1 aliphatic rings. The Morgan fingerprint density at radius 1 is 1.45 bits per heavy atom. The van der Waals surface area contributed by atoms with Gasteiger partial charge < -0.3 is 19.9 Å². The van der Waals surface area contributed by atoms with Crippen molar-refractivity contribution < 1.29 is 14.6 Å². The van der Waals surface area contributed by atoms with Gasteiger partial charge in [-0.1, -0.05) is 6.07 Å². The first-order valence-electron chi connectivity index (χ1n) is 7.13. The largest absolute Gasteiger partial charge is 0.507 e. The molecule has 0 aliphatic carbocycles. The lowest BCUT2D eigenvalue weighted by Crippen LogP contribution is -2.18. The summed E-state index contributed by atoms with van der Waals surface area (Å²) in [6.07, 6.45) is 3.61. The summed E-state index contributed by atoms with van der Waals surface area (Å²) in [5, 5.41) is 12.8. The van der Waals surface area contributed by atoms with Crippen molar-refractivity contribution in [1.82, 2.24) is 5.32 Å². The van der Waals surface area contributed by atoms with Crippen LogP contribution in [0.25, 0.3) is 0 Å². The first-order chi connectivity index (χ1) is 9.75. The average Bonchev–Trinajstić information content (AvgIpc) is 2.95. The number of rotatable bonds is 8. The molecule has 1 heterocycles. The quantitative estimate of drug-likeness (QED) is 0.712. The maximum atomic E-state index is 9.41. The first kappa shape index (κ1) is 15.8. The molecule has 2 N–H and O–H groups in total. The number of hydrogen-bond donors (Lipinski definition) is 2. The summed E-state index contributed by atoms with van der Waals surface area (Å²) in [6, 6.07) is 5.54. The molecule has 0 aromatic heterocycles. The molecule has 0 saturated carbocycles. The molecule has 1 unspecified atom stereocenters. The standard InChI is InChI=1S/C15H22BrNO3/c16-14-9-12(4-5-15(14)18)10-17-6-2-7-19-11-13-3-1-8-20-13/h4-5,9,13,17-18H,1-3,6-8,10-11H2. The van der Waals surface area contributed by atoms with Crippen LogP contribution in [0.4, 0.5) is 0 Å². The maximum absolute atomic E-state index is 9.41. The lowest BCUT2D eigenvalue weighted by molar-refractivity contribution is 0.0166. The van der Waals surface area contributed by atoms with E-state index in [1.54, 1.807) is 6.07 Å². The Morgan fingerprint density at radius 3 is 3.10 bits per heavy atom. The second kappa shape index (κ2) is 8.62. The molecule has 0 radical (unpaired) electrons. The Labute approximate surface area is 128 Å². The predicted molar refractivity (Wildman–Crippen MR) is 81.9 cm³/mol. The van der Waals surface area contributed by atoms with Crippen LogP contribution in [0, 0.1) is 0 Å². The van der Waals surface area contributed by atoms with Crippen molar-refractivity contribution in [1.29, 1.82) is 0 Å². The summed E-state index contributed by atoms with van der Waals surface area (Å²) in [7, 11) is 0. The fourth-order valence-corrected chi connectivity index (χ4v) is 2.61. The molecule has 4 nitrogen and oxygen atoms in total. The highest BCUT2D eigenvalue weighted by Crippen LogP contribution is 2.24. The zero-order chi connectivity index (χ0) is 14.2. The number of hydrogen-bond acceptors (Lipinski definition) is 4. The van der Waals surface area contributed by atoms with E-state index in [9.17, 15) is 5.11 Å². The van der Waals surface area contributed by atoms with E-state index in [4.69, 9.17) is 9.47 Å². The third-order valence-electron chi connectivity index (χ3n) is 3.31. The summed E-state index contributed by atoms with van der Waals surface area (Å²) < 4.78 is 11.8. The van der Waals surface area contributed by atoms with Gasteiger partial charge >= 0.3 is 0 Å². The SMILES string of the molecule is Oc1ccc(CNCCCOCC2CCCO2)cc1Br. The van der Waals surface area contributed by atoms with Crippen LogP contribution in [0.3, 0.4) is 0 Å². The normalized spacial score (nSPS) is 18.6. The molecule has 0 amide bonds. The van der Waals surface area contributed by atoms with Gasteiger partial charge in [0.25, 0.3) is 0 Å². The van der Waals surface area contributed by atoms with Crippen LogP contribution in [0.5, 0.6) is 5.75 Å². The summed E-state index contributed by atoms with van der Waals surface area (Å²) in [5.74, 6) is 0.274. The summed E-state index contributed by atoms with van der Waals surface area (Å²) in [6.45, 7) is 4.10. The summed E-state index contributed by atoms with van der Waals surface area (Å²) >= 11 is 3.31. The van der Waals surface area contributed by atoms with Gasteiger partial charge in [-0.3, -0.25) is 0 Å². The Bertz CT molecular complexity index is 408. The van der Waals surface area contributed by atoms with Crippen molar-refractivity contribution in [2.75, 3.05) is 26.4 Å². The Morgan fingerprint density at radius 2 is 2.35 bits per heavy atom. The maximum Gasteiger partial charge on any atom is 0.129 e. The van der Waals surface area contributed by atoms with E-state index in [0.717, 1.165) is 62.2 Å². The Hall–Kier alpha value is -0.620. The zero-order valence-corrected chi connectivity index (χ0v) is 13.2. The fraction of sp³-hybridized carbons (Fsp3) is 0.600. The van der Waals surface area contributed by atoms with Gasteiger partial charge in [0, 0.05) is 19.8 Å². The average molecular weight is 344 g/mol. The molecular weight excluding hydrogens is 322 g/mol. The minimum Gasteiger partial charge on any atom is -0.507 e. The van der Waals surface area contributed by atoms with Crippen LogP contribution in [0.2, 0.25) is 0 Å². The number of halogens is 1. The Balaban J connectivity index is 1.49. The highest BCUT2D eigenvalue weighted by Gasteiger charge is 2.14. The fourth-order valence-electron chi connectivity index (χ4n) is 2.18. The zero-order valence-electron chi connectivity index (χ0n) is 11.6. The van der Waals surface area contributed by atoms with Crippen LogP contribution >= 0.6 is 15.9 Å². The monoisotopic (exact) mass is 343 g/mol. The lowest BCUT2D eigenvalue weighted by atomic mass is 10.2. The van der Waals surface area contributed by atoms with E-state index in [0.29, 0.717) is 6.10 Å². The van der Waals surface area contributed by atoms with Gasteiger partial charge in [-0.25, -0.2) is 0 Å². The van der Waals surface area contributed by atoms with Gasteiger partial charge in [-0.15, -0.1) is 0 Å². The van der Waals surface area contributed by atoms with E-state index in [-0.39, 0.29) is 5.75 Å². The number of aromatic hydroxyl groups is 1. The van der Waals surface area contributed by atoms with Gasteiger partial charge in [0.15, 0.2) is 0 Å². The van der Waals surface area contributed by atoms with Crippen LogP contribution in [0.1, 0.15) is 24.8 Å². The topological polar surface area (TPSA) is 50.7 Å². The van der Waals surface area contributed by atoms with Crippen molar-refractivity contribution in [3.05, 3.63) is 28.2 Å². The van der Waals surface area contributed by atoms with E-state index in [2.05, 4.69) is 21.2 Å². The van der Waals surface area contributed by atoms with Gasteiger partial charge in [-0.05, 0) is 59.4 Å². The number of ether oxygens (including phenoxy) is 2. The third-order valence-corrected chi connectivity index (χ3v) is 3.95. The second-order valence-electron chi connectivity index (χ2n) is 5.03. The van der Waals surface area contributed by atoms with E-state index in [1.165, 1.54) is 0 Å². The van der Waals surface area contributed by atoms with Crippen LogP contribution in [-0.2, 0) is 16.0 Å². The Kier molecular flexibility index (Phi) is 6.79. The molecule has 5 heteroatoms. The molecule has 1 saturated heterocycles. The van der Waals surface area contributed by atoms with Gasteiger partial charge in [0.2, 0.25) is 0 Å². The van der Waals surface area contributed by atoms with E-state index in [1.807, 2.05) is 12.1 Å². The predicted octanol–water partition coefficient (Wildman–Crippen LogP) is 2.83. The number of nitrogens with one attached hydrogen (secondary N) is 1. The van der Waals surface area contributed by atoms with E-state index >= 15 is 0 Å². The number of phenols is 1. The molecule has 1 fully saturated rings. The van der Waals surface area contributed by atoms with Crippen molar-refractivity contribution in [3.63, 3.8) is 0 Å². The minimum atomic E-state index is 0.274. The highest BCUT2D eigenvalue weighted by molar-refractivity contribution is 9.10. The van der Waals surface area contributed by atoms with Crippen LogP contribution in [-0.4, -0.2) is 37.6 Å². The molecular formula is C15H22BrNO3. The highest BCUT2D eigenvalue weighted by atomic mass is 79.9. The van der Waals surface area contributed by atoms with Gasteiger partial charge in [0.05, 0.1) is 17.2 Å². The lowest BCUT2D eigenvalue weighted by Gasteiger charge is -2.10. The summed E-state index contributed by atoms with van der Waals surface area (Å²) in [4.78, 5) is 0. The van der Waals surface area contributed by atoms with Crippen molar-refractivity contribution in [2.24, 2.45) is 0 Å². The number of benzene rings is 1. The molecule has 2 rings (SSSR count). The first-order valence-corrected chi connectivity index (χ1v) is 7.92. The van der Waals surface area contributed by atoms with Gasteiger partial charge in [-0.2, -0.15) is 0 Å². The van der Waals surface area contributed by atoms with Gasteiger partial charge in [0.1, 0.15) is 5.75 Å². The van der Waals surface area contributed by atoms with E-state index < -0.39 is 0 Å². The number of phenolic OH excluding ortho intramolecular Hbond substituents is 1. The smallest absolute Gasteiger partial charge is 0.129 e. The van der Waals surface area contributed by atoms with Crippen LogP contribution in [0.15, 0.2) is 22.7 Å². The molecule has 1 aromatic carbocycles. The second-order valence-corrected chi connectivity index (χ2v) is 5.88. The molecule has 0 spiro atoms. The van der Waals surface area contributed by atoms with Crippen molar-refractivity contribution >= 4 is 15.9 Å². The molecule has 0 bridgehead atoms.